The molecule has 1 heterocycles. The van der Waals surface area contributed by atoms with E-state index in [1.807, 2.05) is 6.92 Å². The van der Waals surface area contributed by atoms with Crippen LogP contribution in [-0.4, -0.2) is 14.8 Å². The predicted octanol–water partition coefficient (Wildman–Crippen LogP) is 2.33. The van der Waals surface area contributed by atoms with Crippen molar-refractivity contribution < 1.29 is 4.39 Å². The second-order valence-electron chi connectivity index (χ2n) is 3.97. The van der Waals surface area contributed by atoms with Crippen LogP contribution in [0, 0.1) is 5.82 Å². The van der Waals surface area contributed by atoms with Gasteiger partial charge >= 0.3 is 0 Å². The molecule has 0 amide bonds. The minimum Gasteiger partial charge on any atom is -0.323 e. The number of nitrogens with zero attached hydrogens (tertiary/aromatic N) is 3. The van der Waals surface area contributed by atoms with Gasteiger partial charge in [-0.3, -0.25) is 4.68 Å². The molecule has 2 rings (SSSR count). The molecule has 0 bridgehead atoms. The fourth-order valence-electron chi connectivity index (χ4n) is 1.82. The SMILES string of the molecule is CCn1ncnc1CC(N)c1ccc(Cl)cc1F. The Hall–Kier alpha value is -1.46. The number of hydrogen-bond acceptors (Lipinski definition) is 3. The van der Waals surface area contributed by atoms with Crippen molar-refractivity contribution in [3.05, 3.63) is 46.8 Å². The molecule has 18 heavy (non-hydrogen) atoms. The van der Waals surface area contributed by atoms with E-state index in [1.54, 1.807) is 16.8 Å². The number of aryl methyl sites for hydroxylation is 1. The standard InChI is InChI=1S/C12H14ClFN4/c1-2-18-12(16-7-17-18)6-11(15)9-4-3-8(13)5-10(9)14/h3-5,7,11H,2,6,15H2,1H3. The van der Waals surface area contributed by atoms with E-state index >= 15 is 0 Å². The molecule has 0 saturated heterocycles. The van der Waals surface area contributed by atoms with Crippen LogP contribution >= 0.6 is 11.6 Å². The lowest BCUT2D eigenvalue weighted by molar-refractivity contribution is 0.550. The van der Waals surface area contributed by atoms with Crippen LogP contribution in [0.5, 0.6) is 0 Å². The molecule has 0 spiro atoms. The molecule has 96 valence electrons. The Morgan fingerprint density at radius 3 is 2.94 bits per heavy atom. The number of benzene rings is 1. The molecule has 0 radical (unpaired) electrons. The fourth-order valence-corrected chi connectivity index (χ4v) is 1.98. The van der Waals surface area contributed by atoms with Crippen LogP contribution in [0.1, 0.15) is 24.4 Å². The highest BCUT2D eigenvalue weighted by Crippen LogP contribution is 2.21. The van der Waals surface area contributed by atoms with E-state index in [0.29, 0.717) is 23.6 Å². The van der Waals surface area contributed by atoms with Crippen LogP contribution < -0.4 is 5.73 Å². The van der Waals surface area contributed by atoms with E-state index < -0.39 is 11.9 Å². The maximum absolute atomic E-state index is 13.7. The summed E-state index contributed by atoms with van der Waals surface area (Å²) in [6.45, 7) is 2.68. The van der Waals surface area contributed by atoms with Crippen LogP contribution in [0.3, 0.4) is 0 Å². The molecule has 1 unspecified atom stereocenters. The quantitative estimate of drug-likeness (QED) is 0.926. The molecule has 1 aromatic carbocycles. The molecule has 2 aromatic rings. The van der Waals surface area contributed by atoms with E-state index in [4.69, 9.17) is 17.3 Å². The summed E-state index contributed by atoms with van der Waals surface area (Å²) in [5.74, 6) is 0.358. The summed E-state index contributed by atoms with van der Waals surface area (Å²) in [6, 6.07) is 4.04. The average molecular weight is 269 g/mol. The third kappa shape index (κ3) is 2.68. The van der Waals surface area contributed by atoms with Gasteiger partial charge in [0.2, 0.25) is 0 Å². The Kier molecular flexibility index (Phi) is 3.93. The Bertz CT molecular complexity index is 541. The van der Waals surface area contributed by atoms with Crippen LogP contribution in [0.2, 0.25) is 5.02 Å². The lowest BCUT2D eigenvalue weighted by Crippen LogP contribution is -2.18. The zero-order valence-corrected chi connectivity index (χ0v) is 10.7. The van der Waals surface area contributed by atoms with Crippen LogP contribution in [0.15, 0.2) is 24.5 Å². The first kappa shape index (κ1) is 13.0. The summed E-state index contributed by atoms with van der Waals surface area (Å²) in [5, 5.41) is 4.41. The minimum atomic E-state index is -0.461. The van der Waals surface area contributed by atoms with Gasteiger partial charge in [-0.05, 0) is 19.1 Å². The fraction of sp³-hybridized carbons (Fsp3) is 0.333. The van der Waals surface area contributed by atoms with Crippen LogP contribution in [-0.2, 0) is 13.0 Å². The second kappa shape index (κ2) is 5.46. The van der Waals surface area contributed by atoms with Gasteiger partial charge in [-0.2, -0.15) is 5.10 Å². The van der Waals surface area contributed by atoms with Gasteiger partial charge in [-0.25, -0.2) is 9.37 Å². The van der Waals surface area contributed by atoms with Gasteiger partial charge in [0.15, 0.2) is 0 Å². The molecular formula is C12H14ClFN4. The van der Waals surface area contributed by atoms with Crippen molar-refractivity contribution in [1.29, 1.82) is 0 Å². The highest BCUT2D eigenvalue weighted by Gasteiger charge is 2.15. The van der Waals surface area contributed by atoms with E-state index in [1.165, 1.54) is 12.4 Å². The van der Waals surface area contributed by atoms with Crippen molar-refractivity contribution in [2.24, 2.45) is 5.73 Å². The smallest absolute Gasteiger partial charge is 0.138 e. The largest absolute Gasteiger partial charge is 0.323 e. The topological polar surface area (TPSA) is 56.7 Å². The van der Waals surface area contributed by atoms with Gasteiger partial charge in [0, 0.05) is 29.6 Å². The van der Waals surface area contributed by atoms with Crippen LogP contribution in [0.4, 0.5) is 4.39 Å². The summed E-state index contributed by atoms with van der Waals surface area (Å²) in [4.78, 5) is 4.12. The molecule has 0 aliphatic carbocycles. The third-order valence-electron chi connectivity index (χ3n) is 2.76. The van der Waals surface area contributed by atoms with Gasteiger partial charge in [0.25, 0.3) is 0 Å². The number of halogens is 2. The number of aromatic nitrogens is 3. The third-order valence-corrected chi connectivity index (χ3v) is 2.99. The first-order chi connectivity index (χ1) is 8.61. The second-order valence-corrected chi connectivity index (χ2v) is 4.40. The summed E-state index contributed by atoms with van der Waals surface area (Å²) in [5.41, 5.74) is 6.43. The van der Waals surface area contributed by atoms with E-state index in [2.05, 4.69) is 10.1 Å². The molecule has 1 aromatic heterocycles. The summed E-state index contributed by atoms with van der Waals surface area (Å²) >= 11 is 5.70. The zero-order valence-electron chi connectivity index (χ0n) is 9.98. The number of nitrogens with two attached hydrogens (primary N) is 1. The predicted molar refractivity (Wildman–Crippen MR) is 67.7 cm³/mol. The van der Waals surface area contributed by atoms with Gasteiger partial charge < -0.3 is 5.73 Å². The molecule has 0 aliphatic heterocycles. The highest BCUT2D eigenvalue weighted by molar-refractivity contribution is 6.30. The molecule has 1 atom stereocenters. The zero-order chi connectivity index (χ0) is 13.1. The molecular weight excluding hydrogens is 255 g/mol. The molecule has 6 heteroatoms. The van der Waals surface area contributed by atoms with Crippen molar-refractivity contribution >= 4 is 11.6 Å². The van der Waals surface area contributed by atoms with Crippen molar-refractivity contribution in [2.75, 3.05) is 0 Å². The molecule has 4 nitrogen and oxygen atoms in total. The number of rotatable bonds is 4. The van der Waals surface area contributed by atoms with Crippen molar-refractivity contribution in [1.82, 2.24) is 14.8 Å². The highest BCUT2D eigenvalue weighted by atomic mass is 35.5. The van der Waals surface area contributed by atoms with Gasteiger partial charge in [0.05, 0.1) is 0 Å². The monoisotopic (exact) mass is 268 g/mol. The first-order valence-corrected chi connectivity index (χ1v) is 6.06. The van der Waals surface area contributed by atoms with Gasteiger partial charge in [0.1, 0.15) is 18.0 Å². The minimum absolute atomic E-state index is 0.361. The average Bonchev–Trinajstić information content (AvgIpc) is 2.76. The summed E-state index contributed by atoms with van der Waals surface area (Å²) in [6.07, 6.45) is 1.91. The van der Waals surface area contributed by atoms with Crippen molar-refractivity contribution in [2.45, 2.75) is 25.9 Å². The lowest BCUT2D eigenvalue weighted by Gasteiger charge is -2.13. The van der Waals surface area contributed by atoms with Gasteiger partial charge in [-0.15, -0.1) is 0 Å². The summed E-state index contributed by atoms with van der Waals surface area (Å²) in [7, 11) is 0. The van der Waals surface area contributed by atoms with E-state index in [9.17, 15) is 4.39 Å². The lowest BCUT2D eigenvalue weighted by atomic mass is 10.0. The van der Waals surface area contributed by atoms with Crippen molar-refractivity contribution in [3.8, 4) is 0 Å². The first-order valence-electron chi connectivity index (χ1n) is 5.69. The Morgan fingerprint density at radius 1 is 1.50 bits per heavy atom. The molecule has 0 saturated carbocycles. The molecule has 0 aliphatic rings. The van der Waals surface area contributed by atoms with Gasteiger partial charge in [-0.1, -0.05) is 17.7 Å². The molecule has 0 fully saturated rings. The molecule has 2 N–H and O–H groups in total. The van der Waals surface area contributed by atoms with Crippen molar-refractivity contribution in [3.63, 3.8) is 0 Å². The van der Waals surface area contributed by atoms with E-state index in [0.717, 1.165) is 5.82 Å². The summed E-state index contributed by atoms with van der Waals surface area (Å²) < 4.78 is 15.4. The number of hydrogen-bond donors (Lipinski definition) is 1. The maximum atomic E-state index is 13.7. The normalized spacial score (nSPS) is 12.7. The Balaban J connectivity index is 2.19. The Morgan fingerprint density at radius 2 is 2.28 bits per heavy atom. The Labute approximate surface area is 110 Å². The van der Waals surface area contributed by atoms with Crippen LogP contribution in [0.25, 0.3) is 0 Å². The maximum Gasteiger partial charge on any atom is 0.138 e. The van der Waals surface area contributed by atoms with E-state index in [-0.39, 0.29) is 0 Å².